The van der Waals surface area contributed by atoms with Gasteiger partial charge in [0.2, 0.25) is 0 Å². The second-order valence-corrected chi connectivity index (χ2v) is 4.61. The van der Waals surface area contributed by atoms with Crippen LogP contribution in [0.3, 0.4) is 0 Å². The molecule has 1 aliphatic rings. The first kappa shape index (κ1) is 12.7. The first-order chi connectivity index (χ1) is 9.72. The highest BCUT2D eigenvalue weighted by Gasteiger charge is 2.15. The Morgan fingerprint density at radius 1 is 1.15 bits per heavy atom. The minimum Gasteiger partial charge on any atom is -0.486 e. The third kappa shape index (κ3) is 2.67. The van der Waals surface area contributed by atoms with E-state index >= 15 is 0 Å². The maximum Gasteiger partial charge on any atom is 0.256 e. The van der Waals surface area contributed by atoms with E-state index in [1.54, 1.807) is 30.3 Å². The number of halogens is 1. The second-order valence-electron chi connectivity index (χ2n) is 4.17. The number of benzene rings is 1. The van der Waals surface area contributed by atoms with Gasteiger partial charge in [-0.25, -0.2) is 4.98 Å². The lowest BCUT2D eigenvalue weighted by Crippen LogP contribution is -2.17. The Labute approximate surface area is 120 Å². The maximum atomic E-state index is 12.1. The Hall–Kier alpha value is -2.27. The van der Waals surface area contributed by atoms with Crippen LogP contribution in [-0.2, 0) is 0 Å². The van der Waals surface area contributed by atoms with E-state index in [-0.39, 0.29) is 5.91 Å². The summed E-state index contributed by atoms with van der Waals surface area (Å²) < 4.78 is 10.8. The van der Waals surface area contributed by atoms with Gasteiger partial charge in [-0.05, 0) is 30.3 Å². The molecule has 0 bridgehead atoms. The molecule has 1 aromatic carbocycles. The van der Waals surface area contributed by atoms with Crippen molar-refractivity contribution in [3.05, 3.63) is 47.1 Å². The van der Waals surface area contributed by atoms with Crippen molar-refractivity contribution in [1.82, 2.24) is 4.98 Å². The number of fused-ring (bicyclic) bond motifs is 1. The number of aromatic nitrogens is 1. The van der Waals surface area contributed by atoms with Gasteiger partial charge in [-0.2, -0.15) is 0 Å². The van der Waals surface area contributed by atoms with Gasteiger partial charge in [0.1, 0.15) is 19.0 Å². The SMILES string of the molecule is O=C(Nc1cc(Cl)ccn1)c1ccc2c(c1)OCCO2. The lowest BCUT2D eigenvalue weighted by atomic mass is 10.2. The first-order valence-electron chi connectivity index (χ1n) is 6.05. The van der Waals surface area contributed by atoms with Crippen LogP contribution in [0.4, 0.5) is 5.82 Å². The largest absolute Gasteiger partial charge is 0.486 e. The van der Waals surface area contributed by atoms with E-state index in [0.29, 0.717) is 41.1 Å². The van der Waals surface area contributed by atoms with Gasteiger partial charge >= 0.3 is 0 Å². The molecule has 0 aliphatic carbocycles. The van der Waals surface area contributed by atoms with E-state index in [1.807, 2.05) is 0 Å². The van der Waals surface area contributed by atoms with Crippen LogP contribution in [-0.4, -0.2) is 24.1 Å². The van der Waals surface area contributed by atoms with E-state index in [4.69, 9.17) is 21.1 Å². The molecule has 0 spiro atoms. The minimum atomic E-state index is -0.281. The molecule has 1 amide bonds. The molecule has 1 aromatic heterocycles. The van der Waals surface area contributed by atoms with E-state index < -0.39 is 0 Å². The van der Waals surface area contributed by atoms with Crippen LogP contribution in [0.25, 0.3) is 0 Å². The maximum absolute atomic E-state index is 12.1. The number of nitrogens with one attached hydrogen (secondary N) is 1. The molecule has 0 fully saturated rings. The number of carbonyl (C=O) groups is 1. The number of nitrogens with zero attached hydrogens (tertiary/aromatic N) is 1. The van der Waals surface area contributed by atoms with Gasteiger partial charge < -0.3 is 14.8 Å². The predicted molar refractivity (Wildman–Crippen MR) is 74.6 cm³/mol. The molecule has 20 heavy (non-hydrogen) atoms. The van der Waals surface area contributed by atoms with Gasteiger partial charge in [0.05, 0.1) is 0 Å². The van der Waals surface area contributed by atoms with Crippen molar-refractivity contribution in [2.45, 2.75) is 0 Å². The Kier molecular flexibility index (Phi) is 3.43. The van der Waals surface area contributed by atoms with Crippen LogP contribution in [0.5, 0.6) is 11.5 Å². The molecular formula is C14H11ClN2O3. The van der Waals surface area contributed by atoms with E-state index in [2.05, 4.69) is 10.3 Å². The van der Waals surface area contributed by atoms with Crippen molar-refractivity contribution < 1.29 is 14.3 Å². The standard InChI is InChI=1S/C14H11ClN2O3/c15-10-3-4-16-13(8-10)17-14(18)9-1-2-11-12(7-9)20-6-5-19-11/h1-4,7-8H,5-6H2,(H,16,17,18). The molecule has 0 unspecified atom stereocenters. The topological polar surface area (TPSA) is 60.5 Å². The third-order valence-corrected chi connectivity index (χ3v) is 3.00. The van der Waals surface area contributed by atoms with E-state index in [9.17, 15) is 4.79 Å². The summed E-state index contributed by atoms with van der Waals surface area (Å²) in [5, 5.41) is 3.19. The second kappa shape index (κ2) is 5.38. The molecule has 6 heteroatoms. The summed E-state index contributed by atoms with van der Waals surface area (Å²) in [6, 6.07) is 8.26. The number of carbonyl (C=O) groups excluding carboxylic acids is 1. The fourth-order valence-corrected chi connectivity index (χ4v) is 2.01. The highest BCUT2D eigenvalue weighted by Crippen LogP contribution is 2.30. The van der Waals surface area contributed by atoms with Gasteiger partial charge in [0, 0.05) is 16.8 Å². The molecule has 2 heterocycles. The Balaban J connectivity index is 1.80. The zero-order valence-electron chi connectivity index (χ0n) is 10.4. The Morgan fingerprint density at radius 3 is 2.75 bits per heavy atom. The van der Waals surface area contributed by atoms with Gasteiger partial charge in [0.15, 0.2) is 11.5 Å². The fraction of sp³-hybridized carbons (Fsp3) is 0.143. The minimum absolute atomic E-state index is 0.281. The lowest BCUT2D eigenvalue weighted by Gasteiger charge is -2.18. The van der Waals surface area contributed by atoms with Crippen molar-refractivity contribution in [2.24, 2.45) is 0 Å². The summed E-state index contributed by atoms with van der Waals surface area (Å²) in [6.45, 7) is 0.999. The third-order valence-electron chi connectivity index (χ3n) is 2.77. The van der Waals surface area contributed by atoms with Crippen LogP contribution >= 0.6 is 11.6 Å². The lowest BCUT2D eigenvalue weighted by molar-refractivity contribution is 0.102. The zero-order valence-corrected chi connectivity index (χ0v) is 11.2. The van der Waals surface area contributed by atoms with E-state index in [0.717, 1.165) is 0 Å². The summed E-state index contributed by atoms with van der Waals surface area (Å²) in [6.07, 6.45) is 1.53. The van der Waals surface area contributed by atoms with Crippen LogP contribution in [0.15, 0.2) is 36.5 Å². The molecule has 1 N–H and O–H groups in total. The van der Waals surface area contributed by atoms with Gasteiger partial charge in [-0.3, -0.25) is 4.79 Å². The monoisotopic (exact) mass is 290 g/mol. The van der Waals surface area contributed by atoms with Gasteiger partial charge in [-0.1, -0.05) is 11.6 Å². The summed E-state index contributed by atoms with van der Waals surface area (Å²) in [5.74, 6) is 1.34. The van der Waals surface area contributed by atoms with Crippen molar-refractivity contribution in [2.75, 3.05) is 18.5 Å². The smallest absolute Gasteiger partial charge is 0.256 e. The quantitative estimate of drug-likeness (QED) is 0.924. The number of anilines is 1. The number of amides is 1. The number of hydrogen-bond acceptors (Lipinski definition) is 4. The van der Waals surface area contributed by atoms with Gasteiger partial charge in [-0.15, -0.1) is 0 Å². The van der Waals surface area contributed by atoms with Crippen LogP contribution in [0, 0.1) is 0 Å². The average Bonchev–Trinajstić information content (AvgIpc) is 2.47. The van der Waals surface area contributed by atoms with E-state index in [1.165, 1.54) is 6.20 Å². The van der Waals surface area contributed by atoms with Crippen LogP contribution < -0.4 is 14.8 Å². The fourth-order valence-electron chi connectivity index (χ4n) is 1.85. The molecule has 5 nitrogen and oxygen atoms in total. The number of rotatable bonds is 2. The molecule has 0 radical (unpaired) electrons. The molecular weight excluding hydrogens is 280 g/mol. The molecule has 102 valence electrons. The Bertz CT molecular complexity index is 661. The normalized spacial score (nSPS) is 12.8. The van der Waals surface area contributed by atoms with Crippen molar-refractivity contribution in [1.29, 1.82) is 0 Å². The number of hydrogen-bond donors (Lipinski definition) is 1. The van der Waals surface area contributed by atoms with Crippen LogP contribution in [0.1, 0.15) is 10.4 Å². The van der Waals surface area contributed by atoms with Crippen molar-refractivity contribution in [3.63, 3.8) is 0 Å². The summed E-state index contributed by atoms with van der Waals surface area (Å²) in [4.78, 5) is 16.1. The zero-order chi connectivity index (χ0) is 13.9. The van der Waals surface area contributed by atoms with Crippen molar-refractivity contribution >= 4 is 23.3 Å². The first-order valence-corrected chi connectivity index (χ1v) is 6.43. The molecule has 1 aliphatic heterocycles. The van der Waals surface area contributed by atoms with Gasteiger partial charge in [0.25, 0.3) is 5.91 Å². The predicted octanol–water partition coefficient (Wildman–Crippen LogP) is 2.76. The molecule has 0 saturated heterocycles. The van der Waals surface area contributed by atoms with Crippen molar-refractivity contribution in [3.8, 4) is 11.5 Å². The number of pyridine rings is 1. The molecule has 2 aromatic rings. The molecule has 0 atom stereocenters. The summed E-state index contributed by atoms with van der Waals surface area (Å²) >= 11 is 5.84. The molecule has 0 saturated carbocycles. The average molecular weight is 291 g/mol. The Morgan fingerprint density at radius 2 is 1.95 bits per heavy atom. The number of ether oxygens (including phenoxy) is 2. The van der Waals surface area contributed by atoms with Crippen LogP contribution in [0.2, 0.25) is 5.02 Å². The highest BCUT2D eigenvalue weighted by molar-refractivity contribution is 6.30. The highest BCUT2D eigenvalue weighted by atomic mass is 35.5. The summed E-state index contributed by atoms with van der Waals surface area (Å²) in [5.41, 5.74) is 0.469. The molecule has 3 rings (SSSR count). The summed E-state index contributed by atoms with van der Waals surface area (Å²) in [7, 11) is 0.